The van der Waals surface area contributed by atoms with E-state index in [4.69, 9.17) is 15.6 Å². The largest absolute Gasteiger partial charge is 0.744 e. The first-order chi connectivity index (χ1) is 30.3. The van der Waals surface area contributed by atoms with Gasteiger partial charge in [-0.25, -0.2) is 21.6 Å². The number of nitrogen functional groups attached to an aromatic ring is 1. The number of hydrogen-bond donors (Lipinski definition) is 6. The third-order valence-electron chi connectivity index (χ3n) is 9.29. The average Bonchev–Trinajstić information content (AvgIpc) is 3.21. The van der Waals surface area contributed by atoms with Crippen LogP contribution in [0.5, 0.6) is 5.75 Å². The van der Waals surface area contributed by atoms with Gasteiger partial charge in [0.15, 0.2) is 22.0 Å². The van der Waals surface area contributed by atoms with Crippen LogP contribution in [0.2, 0.25) is 0 Å². The van der Waals surface area contributed by atoms with Gasteiger partial charge in [0.25, 0.3) is 10.1 Å². The number of Topliss-reactive ketones (excluding diaryl/α,β-unsaturated/α-hetero) is 1. The number of anilines is 2. The Labute approximate surface area is 398 Å². The monoisotopic (exact) mass is 1030 g/mol. The third-order valence-corrected chi connectivity index (χ3v) is 12.0. The molecule has 0 bridgehead atoms. The van der Waals surface area contributed by atoms with Gasteiger partial charge < -0.3 is 44.4 Å². The van der Waals surface area contributed by atoms with Gasteiger partial charge in [-0.2, -0.15) is 38.2 Å². The number of carboxylic acid groups (broad SMARTS) is 1. The number of nitrogens with one attached hydrogen (secondary N) is 1. The minimum atomic E-state index is -5.33. The van der Waals surface area contributed by atoms with E-state index in [0.29, 0.717) is 0 Å². The molecule has 0 atom stereocenters. The molecular weight excluding hydrogens is 1000 g/mol. The van der Waals surface area contributed by atoms with Crippen molar-refractivity contribution < 1.29 is 111 Å². The number of rotatable bonds is 10. The number of carboxylic acids is 1. The molecule has 7 rings (SSSR count). The summed E-state index contributed by atoms with van der Waals surface area (Å²) < 4.78 is 111. The number of aromatic hydroxyl groups is 1. The van der Waals surface area contributed by atoms with Gasteiger partial charge in [0, 0.05) is 73.4 Å². The summed E-state index contributed by atoms with van der Waals surface area (Å²) >= 11 is 0. The van der Waals surface area contributed by atoms with Crippen LogP contribution < -0.4 is 21.8 Å². The summed E-state index contributed by atoms with van der Waals surface area (Å²) in [5.74, 6) is -3.90. The second-order valence-electron chi connectivity index (χ2n) is 13.6. The van der Waals surface area contributed by atoms with Crippen molar-refractivity contribution in [2.75, 3.05) is 11.1 Å². The number of azo groups is 1. The Balaban J connectivity index is 0.000000249. The van der Waals surface area contributed by atoms with Gasteiger partial charge in [0.1, 0.15) is 35.7 Å². The van der Waals surface area contributed by atoms with Gasteiger partial charge >= 0.3 is 5.97 Å². The van der Waals surface area contributed by atoms with Crippen LogP contribution in [0.1, 0.15) is 33.2 Å². The normalized spacial score (nSPS) is 11.8. The van der Waals surface area contributed by atoms with Crippen molar-refractivity contribution in [2.24, 2.45) is 10.2 Å². The summed E-state index contributed by atoms with van der Waals surface area (Å²) in [7, 11) is -15.4. The van der Waals surface area contributed by atoms with Crippen molar-refractivity contribution in [2.45, 2.75) is 21.6 Å². The molecule has 25 heteroatoms. The molecule has 2 aliphatic rings. The van der Waals surface area contributed by atoms with Gasteiger partial charge in [0.2, 0.25) is 11.3 Å². The van der Waals surface area contributed by atoms with Crippen molar-refractivity contribution >= 4 is 98.8 Å². The van der Waals surface area contributed by atoms with Crippen LogP contribution >= 0.6 is 0 Å². The maximum atomic E-state index is 12.1. The summed E-state index contributed by atoms with van der Waals surface area (Å²) in [5, 5.41) is 36.2. The topological polar surface area (TPSA) is 379 Å². The van der Waals surface area contributed by atoms with E-state index in [1.807, 2.05) is 0 Å². The maximum Gasteiger partial charge on any atom is 0.334 e. The molecule has 0 spiro atoms. The van der Waals surface area contributed by atoms with Gasteiger partial charge in [-0.3, -0.25) is 14.8 Å². The van der Waals surface area contributed by atoms with Crippen molar-refractivity contribution in [1.82, 2.24) is 0 Å². The summed E-state index contributed by atoms with van der Waals surface area (Å²) in [5.41, 5.74) is 3.81. The number of amides is 1. The Morgan fingerprint density at radius 2 is 1.50 bits per heavy atom. The molecule has 337 valence electrons. The molecule has 66 heavy (non-hydrogen) atoms. The van der Waals surface area contributed by atoms with Gasteiger partial charge in [-0.05, 0) is 41.3 Å². The predicted octanol–water partition coefficient (Wildman–Crippen LogP) is 3.59. The second kappa shape index (κ2) is 19.0. The number of aromatic carboxylic acids is 1. The van der Waals surface area contributed by atoms with Crippen molar-refractivity contribution in [3.63, 3.8) is 0 Å². The SMILES string of the molecule is CC(=O)Nc1cccc2cc(S(=O)(=O)O)c(N=Nc3ccc([C-]=O)cc3)c(O)c12.[CH2-]C(=O)c1ccc(-c2c3ccc(=[NH2+])c(S(=O)(=O)[O-])c-3oc3c(S(=O)(=O)[O-])c(N)ccc23)c(C(=O)O)c1.[Y]. The molecule has 21 nitrogen and oxygen atoms in total. The van der Waals surface area contributed by atoms with Crippen LogP contribution in [0.15, 0.2) is 120 Å². The van der Waals surface area contributed by atoms with Crippen LogP contribution in [0.4, 0.5) is 22.7 Å². The molecule has 0 unspecified atom stereocenters. The third kappa shape index (κ3) is 10.2. The van der Waals surface area contributed by atoms with E-state index in [1.54, 1.807) is 12.4 Å². The van der Waals surface area contributed by atoms with E-state index in [2.05, 4.69) is 22.5 Å². The number of phenolic OH excluding ortho intramolecular Hbond substituents is 1. The average molecular weight is 1030 g/mol. The number of phenols is 1. The van der Waals surface area contributed by atoms with E-state index >= 15 is 0 Å². The zero-order valence-corrected chi connectivity index (χ0v) is 38.7. The zero-order valence-electron chi connectivity index (χ0n) is 33.4. The van der Waals surface area contributed by atoms with Crippen molar-refractivity contribution in [3.8, 4) is 28.2 Å². The first-order valence-corrected chi connectivity index (χ1v) is 22.1. The molecule has 0 aromatic heterocycles. The molecule has 0 saturated carbocycles. The summed E-state index contributed by atoms with van der Waals surface area (Å²) in [6.45, 7) is 4.51. The molecular formula is C41H28N5O16S3Y-3. The van der Waals surface area contributed by atoms with E-state index in [-0.39, 0.29) is 88.1 Å². The van der Waals surface area contributed by atoms with Gasteiger partial charge in [0.05, 0.1) is 28.9 Å². The van der Waals surface area contributed by atoms with E-state index in [1.165, 1.54) is 67.6 Å². The van der Waals surface area contributed by atoms with Crippen LogP contribution in [-0.2, 0) is 72.7 Å². The van der Waals surface area contributed by atoms with Gasteiger partial charge in [-0.1, -0.05) is 30.3 Å². The Bertz CT molecular complexity index is 3600. The standard InChI is InChI=1S/C22H15N2O10S2.C19H14N3O6S.Y/c1-9(25)10-2-3-11(14(8-10)22(26)27)17-12-4-6-15(23)20(35(28,29)30)18(12)34-19-13(17)5-7-16(24)21(19)36(31,32)33;1-11(24)20-15-4-2-3-13-9-16(29(26,27)28)18(19(25)17(13)15)22-21-14-7-5-12(10-23)6-8-14;/h2-8,23H,1,24H2,(H,26,27)(H,28,29,30)(H,31,32,33);2-9,25H,1H3,(H,20,24)(H,26,27,28);/q2*-1;/p-1. The molecule has 0 saturated heterocycles. The van der Waals surface area contributed by atoms with Crippen molar-refractivity contribution in [1.29, 1.82) is 0 Å². The number of nitrogens with two attached hydrogens (primary N) is 2. The molecule has 1 aliphatic carbocycles. The fourth-order valence-electron chi connectivity index (χ4n) is 6.61. The number of carbonyl (C=O) groups is 3. The van der Waals surface area contributed by atoms with Crippen LogP contribution in [0.3, 0.4) is 0 Å². The Hall–Kier alpha value is -6.77. The van der Waals surface area contributed by atoms with Crippen LogP contribution in [0, 0.1) is 6.92 Å². The fourth-order valence-corrected chi connectivity index (χ4v) is 8.74. The summed E-state index contributed by atoms with van der Waals surface area (Å²) in [4.78, 5) is 43.1. The predicted molar refractivity (Wildman–Crippen MR) is 225 cm³/mol. The number of carbonyl (C=O) groups excluding carboxylic acids is 3. The molecule has 1 radical (unpaired) electrons. The number of ketones is 1. The summed E-state index contributed by atoms with van der Waals surface area (Å²) in [6.07, 6.45) is 1.70. The molecule has 8 N–H and O–H groups in total. The maximum absolute atomic E-state index is 12.1. The van der Waals surface area contributed by atoms with Crippen LogP contribution in [0.25, 0.3) is 44.2 Å². The minimum absolute atomic E-state index is 0. The first-order valence-electron chi connectivity index (χ1n) is 17.8. The van der Waals surface area contributed by atoms with Gasteiger partial charge in [-0.15, -0.1) is 22.8 Å². The number of fused-ring (bicyclic) bond motifs is 3. The molecule has 1 amide bonds. The number of hydrogen-bond acceptors (Lipinski definition) is 17. The molecule has 1 heterocycles. The zero-order chi connectivity index (χ0) is 47.9. The quantitative estimate of drug-likeness (QED) is 0.0285. The number of benzene rings is 6. The van der Waals surface area contributed by atoms with Crippen LogP contribution in [-0.4, -0.2) is 73.1 Å². The second-order valence-corrected chi connectivity index (χ2v) is 17.6. The molecule has 0 fully saturated rings. The fraction of sp³-hybridized carbons (Fsp3) is 0.0244. The molecule has 5 aromatic rings. The Morgan fingerprint density at radius 1 is 0.864 bits per heavy atom. The Kier molecular flexibility index (Phi) is 14.5. The van der Waals surface area contributed by atoms with Crippen molar-refractivity contribution in [3.05, 3.63) is 120 Å². The Morgan fingerprint density at radius 3 is 2.06 bits per heavy atom. The van der Waals surface area contributed by atoms with E-state index in [9.17, 15) is 68.3 Å². The number of nitrogens with zero attached hydrogens (tertiary/aromatic N) is 2. The summed E-state index contributed by atoms with van der Waals surface area (Å²) in [6, 6.07) is 19.5. The first kappa shape index (κ1) is 50.2. The van der Waals surface area contributed by atoms with E-state index < -0.39 is 102 Å². The molecule has 5 aromatic carbocycles. The smallest absolute Gasteiger partial charge is 0.334 e. The van der Waals surface area contributed by atoms with E-state index in [0.717, 1.165) is 24.3 Å². The minimum Gasteiger partial charge on any atom is -0.744 e. The molecule has 1 aliphatic heterocycles.